The van der Waals surface area contributed by atoms with Crippen molar-refractivity contribution in [3.63, 3.8) is 0 Å². The quantitative estimate of drug-likeness (QED) is 0.0596. The van der Waals surface area contributed by atoms with Crippen molar-refractivity contribution < 1.29 is 22.9 Å². The van der Waals surface area contributed by atoms with Crippen LogP contribution in [0, 0.1) is 5.41 Å². The van der Waals surface area contributed by atoms with Gasteiger partial charge >= 0.3 is 5.63 Å². The van der Waals surface area contributed by atoms with Gasteiger partial charge in [0.2, 0.25) is 11.7 Å². The van der Waals surface area contributed by atoms with Crippen molar-refractivity contribution in [3.8, 4) is 5.75 Å². The first-order chi connectivity index (χ1) is 22.1. The maximum atomic E-state index is 12.6. The Balaban J connectivity index is 1.10. The molecule has 1 N–H and O–H groups in total. The van der Waals surface area contributed by atoms with E-state index in [1.807, 2.05) is 60.3 Å². The standard InChI is InChI=1S/C39H42N2O5/c1-27(12-14-33-29(3)11-7-19-39(33,4)5)9-6-10-28(2)25-34(42)40-32-16-21-41(22-17-32)20-8-23-44-38-36-31(18-24-45-36)26-30-13-15-35(43)46-37(30)38/h6,9-10,12-18,21-22,24-26H,7-8,11,19-20,23H2,1-5H3/p+1/b10-6+,14-12+,27-9+,28-25+. The maximum absolute atomic E-state index is 12.6. The zero-order chi connectivity index (χ0) is 32.7. The molecule has 3 heterocycles. The third kappa shape index (κ3) is 8.21. The number of pyridine rings is 1. The van der Waals surface area contributed by atoms with Gasteiger partial charge in [0.25, 0.3) is 0 Å². The van der Waals surface area contributed by atoms with Crippen LogP contribution >= 0.6 is 0 Å². The van der Waals surface area contributed by atoms with E-state index in [2.05, 4.69) is 51.2 Å². The highest BCUT2D eigenvalue weighted by molar-refractivity contribution is 6.00. The molecule has 0 saturated carbocycles. The van der Waals surface area contributed by atoms with E-state index in [1.165, 1.54) is 36.5 Å². The fraction of sp³-hybridized carbons (Fsp3) is 0.308. The van der Waals surface area contributed by atoms with Crippen molar-refractivity contribution in [2.75, 3.05) is 11.9 Å². The van der Waals surface area contributed by atoms with Crippen molar-refractivity contribution in [3.05, 3.63) is 124 Å². The summed E-state index contributed by atoms with van der Waals surface area (Å²) in [6.07, 6.45) is 21.8. The van der Waals surface area contributed by atoms with Crippen molar-refractivity contribution in [2.45, 2.75) is 66.8 Å². The minimum Gasteiger partial charge on any atom is -0.486 e. The topological polar surface area (TPSA) is 85.6 Å². The molecular formula is C39H43N2O5+. The first-order valence-electron chi connectivity index (χ1n) is 15.9. The summed E-state index contributed by atoms with van der Waals surface area (Å²) < 4.78 is 19.1. The number of hydrogen-bond donors (Lipinski definition) is 1. The lowest BCUT2D eigenvalue weighted by molar-refractivity contribution is -0.697. The summed E-state index contributed by atoms with van der Waals surface area (Å²) in [7, 11) is 0. The summed E-state index contributed by atoms with van der Waals surface area (Å²) in [5.74, 6) is 0.257. The van der Waals surface area contributed by atoms with Gasteiger partial charge in [0.15, 0.2) is 30.1 Å². The number of aryl methyl sites for hydroxylation is 1. The fourth-order valence-corrected chi connectivity index (χ4v) is 5.91. The SMILES string of the molecule is CC1=C(/C=C/C(C)=C/C=C/C(C)=C/C(=O)Nc2cc[n+](CCCOc3c4occc4cc4ccc(=O)oc34)cc2)C(C)(C)CCC1. The zero-order valence-corrected chi connectivity index (χ0v) is 27.4. The van der Waals surface area contributed by atoms with Crippen molar-refractivity contribution >= 4 is 33.5 Å². The number of benzene rings is 1. The second kappa shape index (κ2) is 14.5. The number of aromatic nitrogens is 1. The Labute approximate surface area is 270 Å². The first kappa shape index (κ1) is 32.5. The number of ether oxygens (including phenoxy) is 1. The molecule has 0 saturated heterocycles. The number of amides is 1. The molecule has 5 rings (SSSR count). The Kier molecular flexibility index (Phi) is 10.2. The molecule has 0 unspecified atom stereocenters. The van der Waals surface area contributed by atoms with Crippen molar-refractivity contribution in [1.29, 1.82) is 0 Å². The smallest absolute Gasteiger partial charge is 0.336 e. The van der Waals surface area contributed by atoms with Gasteiger partial charge < -0.3 is 18.9 Å². The lowest BCUT2D eigenvalue weighted by Gasteiger charge is -2.32. The number of carbonyl (C=O) groups is 1. The highest BCUT2D eigenvalue weighted by atomic mass is 16.5. The number of anilines is 1. The van der Waals surface area contributed by atoms with Gasteiger partial charge in [-0.25, -0.2) is 9.36 Å². The molecule has 46 heavy (non-hydrogen) atoms. The van der Waals surface area contributed by atoms with Crippen LogP contribution in [0.2, 0.25) is 0 Å². The Morgan fingerprint density at radius 3 is 2.61 bits per heavy atom. The summed E-state index contributed by atoms with van der Waals surface area (Å²) >= 11 is 0. The van der Waals surface area contributed by atoms with E-state index < -0.39 is 5.63 Å². The molecule has 1 aromatic carbocycles. The number of hydrogen-bond acceptors (Lipinski definition) is 5. The predicted molar refractivity (Wildman–Crippen MR) is 184 cm³/mol. The van der Waals surface area contributed by atoms with Crippen molar-refractivity contribution in [2.24, 2.45) is 5.41 Å². The minimum atomic E-state index is -0.439. The Hall–Kier alpha value is -4.91. The lowest BCUT2D eigenvalue weighted by Crippen LogP contribution is -2.33. The van der Waals surface area contributed by atoms with Gasteiger partial charge in [-0.1, -0.05) is 55.4 Å². The third-order valence-corrected chi connectivity index (χ3v) is 8.38. The van der Waals surface area contributed by atoms with Gasteiger partial charge in [-0.15, -0.1) is 0 Å². The highest BCUT2D eigenvalue weighted by Crippen LogP contribution is 2.41. The van der Waals surface area contributed by atoms with Crippen LogP contribution < -0.4 is 20.2 Å². The van der Waals surface area contributed by atoms with Gasteiger partial charge in [0, 0.05) is 41.5 Å². The molecular weight excluding hydrogens is 576 g/mol. The van der Waals surface area contributed by atoms with E-state index in [4.69, 9.17) is 13.6 Å². The molecule has 1 amide bonds. The molecule has 1 aliphatic carbocycles. The second-order valence-corrected chi connectivity index (χ2v) is 12.7. The van der Waals surface area contributed by atoms with Crippen LogP contribution in [-0.2, 0) is 11.3 Å². The lowest BCUT2D eigenvalue weighted by atomic mass is 9.72. The molecule has 0 atom stereocenters. The van der Waals surface area contributed by atoms with Gasteiger partial charge in [-0.2, -0.15) is 0 Å². The predicted octanol–water partition coefficient (Wildman–Crippen LogP) is 8.77. The van der Waals surface area contributed by atoms with Gasteiger partial charge in [0.05, 0.1) is 18.6 Å². The summed E-state index contributed by atoms with van der Waals surface area (Å²) in [5.41, 5.74) is 6.41. The number of rotatable bonds is 11. The molecule has 0 fully saturated rings. The van der Waals surface area contributed by atoms with E-state index in [1.54, 1.807) is 18.4 Å². The highest BCUT2D eigenvalue weighted by Gasteiger charge is 2.26. The third-order valence-electron chi connectivity index (χ3n) is 8.38. The van der Waals surface area contributed by atoms with Crippen LogP contribution in [-0.4, -0.2) is 12.5 Å². The van der Waals surface area contributed by atoms with E-state index in [-0.39, 0.29) is 11.3 Å². The van der Waals surface area contributed by atoms with Crippen LogP contribution in [0.5, 0.6) is 5.75 Å². The first-order valence-corrected chi connectivity index (χ1v) is 15.9. The summed E-state index contributed by atoms with van der Waals surface area (Å²) in [5, 5.41) is 4.58. The molecule has 3 aromatic heterocycles. The van der Waals surface area contributed by atoms with Crippen molar-refractivity contribution in [1.82, 2.24) is 0 Å². The number of allylic oxidation sites excluding steroid dienone is 9. The number of nitrogens with one attached hydrogen (secondary N) is 1. The molecule has 0 aliphatic heterocycles. The van der Waals surface area contributed by atoms with Crippen LogP contribution in [0.4, 0.5) is 5.69 Å². The van der Waals surface area contributed by atoms with Crippen LogP contribution in [0.15, 0.2) is 127 Å². The van der Waals surface area contributed by atoms with Crippen LogP contribution in [0.25, 0.3) is 21.9 Å². The fourth-order valence-electron chi connectivity index (χ4n) is 5.91. The average Bonchev–Trinajstić information content (AvgIpc) is 3.47. The van der Waals surface area contributed by atoms with Gasteiger partial charge in [-0.3, -0.25) is 4.79 Å². The van der Waals surface area contributed by atoms with E-state index >= 15 is 0 Å². The normalized spacial score (nSPS) is 15.8. The van der Waals surface area contributed by atoms with Crippen LogP contribution in [0.1, 0.15) is 60.3 Å². The van der Waals surface area contributed by atoms with Gasteiger partial charge in [0.1, 0.15) is 0 Å². The molecule has 238 valence electrons. The number of fused-ring (bicyclic) bond motifs is 2. The number of carbonyl (C=O) groups excluding carboxylic acids is 1. The largest absolute Gasteiger partial charge is 0.486 e. The molecule has 0 radical (unpaired) electrons. The van der Waals surface area contributed by atoms with Gasteiger partial charge in [-0.05, 0) is 74.8 Å². The number of furan rings is 1. The Morgan fingerprint density at radius 1 is 1.04 bits per heavy atom. The van der Waals surface area contributed by atoms with E-state index in [0.29, 0.717) is 42.2 Å². The maximum Gasteiger partial charge on any atom is 0.336 e. The van der Waals surface area contributed by atoms with E-state index in [9.17, 15) is 9.59 Å². The molecule has 4 aromatic rings. The summed E-state index contributed by atoms with van der Waals surface area (Å²) in [6.45, 7) is 12.0. The van der Waals surface area contributed by atoms with Crippen LogP contribution in [0.3, 0.4) is 0 Å². The Bertz CT molecular complexity index is 1930. The molecule has 0 spiro atoms. The molecule has 7 heteroatoms. The summed E-state index contributed by atoms with van der Waals surface area (Å²) in [4.78, 5) is 24.4. The summed E-state index contributed by atoms with van der Waals surface area (Å²) in [6, 6.07) is 10.6. The second-order valence-electron chi connectivity index (χ2n) is 12.7. The zero-order valence-electron chi connectivity index (χ0n) is 27.4. The Morgan fingerprint density at radius 2 is 1.83 bits per heavy atom. The minimum absolute atomic E-state index is 0.179. The monoisotopic (exact) mass is 619 g/mol. The molecule has 7 nitrogen and oxygen atoms in total. The average molecular weight is 620 g/mol. The molecule has 1 aliphatic rings. The number of nitrogens with zero attached hydrogens (tertiary/aromatic N) is 1. The molecule has 0 bridgehead atoms. The van der Waals surface area contributed by atoms with E-state index in [0.717, 1.165) is 21.9 Å².